The van der Waals surface area contributed by atoms with Crippen LogP contribution in [0.5, 0.6) is 0 Å². The number of halogens is 3. The molecule has 0 saturated carbocycles. The van der Waals surface area contributed by atoms with Crippen LogP contribution in [0.15, 0.2) is 53.4 Å². The van der Waals surface area contributed by atoms with E-state index in [2.05, 4.69) is 12.6 Å². The molecule has 2 amide bonds. The third-order valence-electron chi connectivity index (χ3n) is 7.06. The summed E-state index contributed by atoms with van der Waals surface area (Å²) in [5.41, 5.74) is -0.411. The van der Waals surface area contributed by atoms with Gasteiger partial charge in [-0.25, -0.2) is 18.0 Å². The van der Waals surface area contributed by atoms with Gasteiger partial charge < -0.3 is 19.8 Å². The van der Waals surface area contributed by atoms with Gasteiger partial charge in [0.2, 0.25) is 0 Å². The van der Waals surface area contributed by atoms with Crippen LogP contribution in [0.3, 0.4) is 0 Å². The van der Waals surface area contributed by atoms with E-state index in [9.17, 15) is 18.7 Å². The molecule has 0 radical (unpaired) electrons. The summed E-state index contributed by atoms with van der Waals surface area (Å²) in [6.07, 6.45) is 1.60. The van der Waals surface area contributed by atoms with E-state index in [-0.39, 0.29) is 18.7 Å². The van der Waals surface area contributed by atoms with Gasteiger partial charge in [-0.3, -0.25) is 0 Å². The summed E-state index contributed by atoms with van der Waals surface area (Å²) in [7, 11) is 3.41. The van der Waals surface area contributed by atoms with Gasteiger partial charge in [-0.2, -0.15) is 0 Å². The zero-order valence-corrected chi connectivity index (χ0v) is 20.7. The van der Waals surface area contributed by atoms with E-state index >= 15 is 4.39 Å². The second-order valence-electron chi connectivity index (χ2n) is 9.39. The Morgan fingerprint density at radius 3 is 2.74 bits per heavy atom. The molecule has 0 aliphatic carbocycles. The van der Waals surface area contributed by atoms with Crippen LogP contribution in [0.2, 0.25) is 0 Å². The Balaban J connectivity index is 1.77. The van der Waals surface area contributed by atoms with Crippen LogP contribution < -0.4 is 0 Å². The number of aliphatic hydroxyl groups excluding tert-OH is 1. The summed E-state index contributed by atoms with van der Waals surface area (Å²) in [6, 6.07) is 8.97. The Hall–Kier alpha value is -2.49. The van der Waals surface area contributed by atoms with Gasteiger partial charge in [0.05, 0.1) is 12.6 Å². The fourth-order valence-corrected chi connectivity index (χ4v) is 5.36. The number of thiol groups is 1. The number of rotatable bonds is 4. The first-order valence-corrected chi connectivity index (χ1v) is 12.1. The molecule has 4 rings (SSSR count). The standard InChI is InChI=1S/C26H30F3N3O2S/c1-30-10-4-7-24(23(29)15-30)31(2)25(34)32-14-17(21-12-19(27)8-9-22(21)28)13-26(32,16-33)18-5-3-6-20(35)11-18/h3,5-6,8-9,11-13,23-24,33,35H,4,7,10,14-16H2,1-2H3/t23?,24?,26-/m1/s1. The number of benzene rings is 2. The lowest BCUT2D eigenvalue weighted by Crippen LogP contribution is -2.56. The van der Waals surface area contributed by atoms with Crippen molar-refractivity contribution in [3.05, 3.63) is 71.3 Å². The molecule has 0 spiro atoms. The van der Waals surface area contributed by atoms with Crippen molar-refractivity contribution in [1.29, 1.82) is 0 Å². The normalized spacial score (nSPS) is 25.3. The van der Waals surface area contributed by atoms with Crippen LogP contribution in [0.4, 0.5) is 18.0 Å². The van der Waals surface area contributed by atoms with Gasteiger partial charge in [-0.05, 0) is 74.0 Å². The van der Waals surface area contributed by atoms with Crippen molar-refractivity contribution in [3.8, 4) is 0 Å². The highest BCUT2D eigenvalue weighted by atomic mass is 32.1. The summed E-state index contributed by atoms with van der Waals surface area (Å²) in [5.74, 6) is -1.25. The third-order valence-corrected chi connectivity index (χ3v) is 7.34. The van der Waals surface area contributed by atoms with Crippen molar-refractivity contribution in [2.75, 3.05) is 40.3 Å². The molecule has 1 fully saturated rings. The first-order valence-electron chi connectivity index (χ1n) is 11.6. The van der Waals surface area contributed by atoms with E-state index in [1.165, 1.54) is 9.80 Å². The van der Waals surface area contributed by atoms with Gasteiger partial charge in [0, 0.05) is 30.6 Å². The minimum Gasteiger partial charge on any atom is -0.393 e. The minimum atomic E-state index is -1.36. The van der Waals surface area contributed by atoms with Crippen LogP contribution in [-0.4, -0.2) is 78.4 Å². The van der Waals surface area contributed by atoms with Crippen LogP contribution in [0.1, 0.15) is 24.0 Å². The molecular formula is C26H30F3N3O2S. The van der Waals surface area contributed by atoms with Gasteiger partial charge in [0.1, 0.15) is 23.3 Å². The first kappa shape index (κ1) is 25.6. The molecule has 2 heterocycles. The maximum Gasteiger partial charge on any atom is 0.321 e. The monoisotopic (exact) mass is 505 g/mol. The molecule has 9 heteroatoms. The summed E-state index contributed by atoms with van der Waals surface area (Å²) in [4.78, 5) is 19.2. The molecule has 35 heavy (non-hydrogen) atoms. The number of likely N-dealkylation sites (tertiary alicyclic amines) is 1. The number of hydrogen-bond donors (Lipinski definition) is 2. The van der Waals surface area contributed by atoms with E-state index in [0.717, 1.165) is 31.2 Å². The van der Waals surface area contributed by atoms with Gasteiger partial charge in [0.15, 0.2) is 0 Å². The molecule has 2 aromatic carbocycles. The maximum absolute atomic E-state index is 15.1. The maximum atomic E-state index is 15.1. The Bertz CT molecular complexity index is 1130. The highest BCUT2D eigenvalue weighted by Crippen LogP contribution is 2.42. The summed E-state index contributed by atoms with van der Waals surface area (Å²) in [5, 5.41) is 10.7. The van der Waals surface area contributed by atoms with Crippen LogP contribution in [0.25, 0.3) is 5.57 Å². The van der Waals surface area contributed by atoms with Crippen molar-refractivity contribution >= 4 is 24.2 Å². The number of hydrogen-bond acceptors (Lipinski definition) is 4. The van der Waals surface area contributed by atoms with Gasteiger partial charge in [-0.1, -0.05) is 12.1 Å². The predicted molar refractivity (Wildman–Crippen MR) is 132 cm³/mol. The lowest BCUT2D eigenvalue weighted by atomic mass is 9.89. The average molecular weight is 506 g/mol. The zero-order valence-electron chi connectivity index (χ0n) is 19.8. The van der Waals surface area contributed by atoms with Crippen molar-refractivity contribution in [1.82, 2.24) is 14.7 Å². The molecule has 2 aromatic rings. The Morgan fingerprint density at radius 1 is 1.26 bits per heavy atom. The van der Waals surface area contributed by atoms with E-state index in [4.69, 9.17) is 0 Å². The molecule has 0 bridgehead atoms. The number of carbonyl (C=O) groups excluding carboxylic acids is 1. The molecule has 2 unspecified atom stereocenters. The number of nitrogens with zero attached hydrogens (tertiary/aromatic N) is 3. The number of alkyl halides is 1. The molecule has 3 atom stereocenters. The third kappa shape index (κ3) is 4.94. The summed E-state index contributed by atoms with van der Waals surface area (Å²) in [6.45, 7) is 0.372. The topological polar surface area (TPSA) is 47.0 Å². The van der Waals surface area contributed by atoms with E-state index in [0.29, 0.717) is 22.5 Å². The number of amides is 2. The fourth-order valence-electron chi connectivity index (χ4n) is 5.14. The van der Waals surface area contributed by atoms with Gasteiger partial charge in [0.25, 0.3) is 0 Å². The Kier molecular flexibility index (Phi) is 7.49. The van der Waals surface area contributed by atoms with E-state index in [1.807, 2.05) is 11.9 Å². The lowest BCUT2D eigenvalue weighted by molar-refractivity contribution is 0.0644. The highest BCUT2D eigenvalue weighted by molar-refractivity contribution is 7.80. The fraction of sp³-hybridized carbons (Fsp3) is 0.423. The number of carbonyl (C=O) groups is 1. The number of urea groups is 1. The largest absolute Gasteiger partial charge is 0.393 e. The molecule has 0 aromatic heterocycles. The van der Waals surface area contributed by atoms with Crippen molar-refractivity contribution in [2.45, 2.75) is 35.5 Å². The second kappa shape index (κ2) is 10.2. The van der Waals surface area contributed by atoms with Crippen LogP contribution in [-0.2, 0) is 5.54 Å². The summed E-state index contributed by atoms with van der Waals surface area (Å²) >= 11 is 4.40. The smallest absolute Gasteiger partial charge is 0.321 e. The van der Waals surface area contributed by atoms with Crippen molar-refractivity contribution in [3.63, 3.8) is 0 Å². The Labute approximate surface area is 209 Å². The van der Waals surface area contributed by atoms with Gasteiger partial charge in [-0.15, -0.1) is 12.6 Å². The quantitative estimate of drug-likeness (QED) is 0.609. The van der Waals surface area contributed by atoms with Crippen molar-refractivity contribution < 1.29 is 23.1 Å². The number of aliphatic hydroxyl groups is 1. The summed E-state index contributed by atoms with van der Waals surface area (Å²) < 4.78 is 43.8. The van der Waals surface area contributed by atoms with Crippen molar-refractivity contribution in [2.24, 2.45) is 0 Å². The second-order valence-corrected chi connectivity index (χ2v) is 9.91. The average Bonchev–Trinajstić information content (AvgIpc) is 3.14. The van der Waals surface area contributed by atoms with E-state index in [1.54, 1.807) is 37.4 Å². The SMILES string of the molecule is CN1CCCC(N(C)C(=O)N2CC(c3cc(F)ccc3F)=C[C@@]2(CO)c2cccc(S)c2)C(F)C1. The zero-order chi connectivity index (χ0) is 25.3. The molecule has 1 N–H and O–H groups in total. The molecule has 2 aliphatic rings. The minimum absolute atomic E-state index is 0.0160. The lowest BCUT2D eigenvalue weighted by Gasteiger charge is -2.41. The molecule has 1 saturated heterocycles. The highest BCUT2D eigenvalue weighted by Gasteiger charge is 2.47. The molecule has 188 valence electrons. The van der Waals surface area contributed by atoms with E-state index < -0.39 is 42.0 Å². The van der Waals surface area contributed by atoms with Gasteiger partial charge >= 0.3 is 6.03 Å². The molecular weight excluding hydrogens is 475 g/mol. The Morgan fingerprint density at radius 2 is 2.03 bits per heavy atom. The molecule has 2 aliphatic heterocycles. The predicted octanol–water partition coefficient (Wildman–Crippen LogP) is 4.32. The molecule has 5 nitrogen and oxygen atoms in total. The first-order chi connectivity index (χ1) is 16.7. The van der Waals surface area contributed by atoms with Crippen LogP contribution in [0, 0.1) is 11.6 Å². The van der Waals surface area contributed by atoms with Crippen LogP contribution >= 0.6 is 12.6 Å².